The Balaban J connectivity index is 1.71. The number of nitrogens with zero attached hydrogens (tertiary/aromatic N) is 3. The number of aromatic nitrogens is 2. The van der Waals surface area contributed by atoms with Gasteiger partial charge in [0.15, 0.2) is 11.5 Å². The molecule has 0 aliphatic carbocycles. The van der Waals surface area contributed by atoms with E-state index in [0.717, 1.165) is 43.0 Å². The zero-order chi connectivity index (χ0) is 18.9. The molecular formula is C20H25N3O4. The van der Waals surface area contributed by atoms with E-state index in [4.69, 9.17) is 14.2 Å². The van der Waals surface area contributed by atoms with Crippen LogP contribution in [-0.4, -0.2) is 53.7 Å². The van der Waals surface area contributed by atoms with Gasteiger partial charge in [-0.15, -0.1) is 0 Å². The smallest absolute Gasteiger partial charge is 0.293 e. The third-order valence-corrected chi connectivity index (χ3v) is 4.58. The largest absolute Gasteiger partial charge is 0.490 e. The van der Waals surface area contributed by atoms with Crippen LogP contribution in [-0.2, 0) is 9.53 Å². The first kappa shape index (κ1) is 19.1. The molecule has 2 unspecified atom stereocenters. The molecule has 2 aromatic rings. The Kier molecular flexibility index (Phi) is 6.98. The third kappa shape index (κ3) is 5.17. The van der Waals surface area contributed by atoms with E-state index in [-0.39, 0.29) is 18.8 Å². The van der Waals surface area contributed by atoms with E-state index in [9.17, 15) is 4.79 Å². The molecule has 1 aromatic carbocycles. The maximum atomic E-state index is 10.7. The fourth-order valence-corrected chi connectivity index (χ4v) is 3.37. The predicted molar refractivity (Wildman–Crippen MR) is 99.6 cm³/mol. The number of benzene rings is 1. The summed E-state index contributed by atoms with van der Waals surface area (Å²) in [7, 11) is 0. The number of likely N-dealkylation sites (tertiary alicyclic amines) is 1. The molecule has 0 radical (unpaired) electrons. The van der Waals surface area contributed by atoms with Crippen molar-refractivity contribution in [2.75, 3.05) is 26.3 Å². The molecule has 0 N–H and O–H groups in total. The van der Waals surface area contributed by atoms with Gasteiger partial charge in [0.1, 0.15) is 19.0 Å². The molecule has 27 heavy (non-hydrogen) atoms. The summed E-state index contributed by atoms with van der Waals surface area (Å²) in [5.41, 5.74) is 0.926. The quantitative estimate of drug-likeness (QED) is 0.627. The summed E-state index contributed by atoms with van der Waals surface area (Å²) in [6.07, 6.45) is 7.01. The second-order valence-electron chi connectivity index (χ2n) is 6.37. The van der Waals surface area contributed by atoms with Gasteiger partial charge < -0.3 is 14.2 Å². The van der Waals surface area contributed by atoms with E-state index in [1.807, 2.05) is 31.2 Å². The van der Waals surface area contributed by atoms with Crippen molar-refractivity contribution in [1.29, 1.82) is 0 Å². The van der Waals surface area contributed by atoms with Crippen LogP contribution in [0.4, 0.5) is 0 Å². The van der Waals surface area contributed by atoms with Crippen LogP contribution in [0.3, 0.4) is 0 Å². The van der Waals surface area contributed by atoms with E-state index in [1.165, 1.54) is 6.33 Å². The molecule has 3 rings (SSSR count). The SMILES string of the molecule is CCOc1ccccc1OC1CCCN(C(COC=O)c2cncnc2)C1. The second kappa shape index (κ2) is 9.87. The Morgan fingerprint density at radius 2 is 2.04 bits per heavy atom. The molecular weight excluding hydrogens is 346 g/mol. The van der Waals surface area contributed by atoms with Gasteiger partial charge in [0, 0.05) is 24.5 Å². The highest BCUT2D eigenvalue weighted by Gasteiger charge is 2.29. The van der Waals surface area contributed by atoms with Gasteiger partial charge in [-0.1, -0.05) is 12.1 Å². The molecule has 2 atom stereocenters. The van der Waals surface area contributed by atoms with Crippen LogP contribution in [0.15, 0.2) is 43.0 Å². The number of carbonyl (C=O) groups is 1. The van der Waals surface area contributed by atoms with Crippen molar-refractivity contribution in [3.63, 3.8) is 0 Å². The minimum Gasteiger partial charge on any atom is -0.490 e. The van der Waals surface area contributed by atoms with Crippen molar-refractivity contribution in [2.45, 2.75) is 31.9 Å². The highest BCUT2D eigenvalue weighted by atomic mass is 16.5. The van der Waals surface area contributed by atoms with Gasteiger partial charge in [0.05, 0.1) is 12.6 Å². The van der Waals surface area contributed by atoms with Crippen molar-refractivity contribution >= 4 is 6.47 Å². The molecule has 144 valence electrons. The van der Waals surface area contributed by atoms with Crippen LogP contribution in [0, 0.1) is 0 Å². The number of hydrogen-bond acceptors (Lipinski definition) is 7. The minimum absolute atomic E-state index is 0.0312. The van der Waals surface area contributed by atoms with Crippen LogP contribution in [0.1, 0.15) is 31.4 Å². The Morgan fingerprint density at radius 1 is 1.26 bits per heavy atom. The molecule has 0 spiro atoms. The van der Waals surface area contributed by atoms with Crippen molar-refractivity contribution in [1.82, 2.24) is 14.9 Å². The second-order valence-corrected chi connectivity index (χ2v) is 6.37. The molecule has 0 amide bonds. The summed E-state index contributed by atoms with van der Waals surface area (Å²) >= 11 is 0. The van der Waals surface area contributed by atoms with Crippen molar-refractivity contribution in [3.8, 4) is 11.5 Å². The van der Waals surface area contributed by atoms with Crippen LogP contribution < -0.4 is 9.47 Å². The van der Waals surface area contributed by atoms with Gasteiger partial charge in [0.25, 0.3) is 6.47 Å². The summed E-state index contributed by atoms with van der Waals surface area (Å²) in [5, 5.41) is 0. The number of rotatable bonds is 9. The lowest BCUT2D eigenvalue weighted by atomic mass is 10.0. The van der Waals surface area contributed by atoms with E-state index in [2.05, 4.69) is 14.9 Å². The molecule has 1 aliphatic heterocycles. The van der Waals surface area contributed by atoms with E-state index < -0.39 is 0 Å². The molecule has 2 heterocycles. The molecule has 1 aromatic heterocycles. The van der Waals surface area contributed by atoms with Gasteiger partial charge in [-0.3, -0.25) is 9.69 Å². The van der Waals surface area contributed by atoms with Gasteiger partial charge >= 0.3 is 0 Å². The summed E-state index contributed by atoms with van der Waals surface area (Å²) in [4.78, 5) is 21.2. The molecule has 0 bridgehead atoms. The minimum atomic E-state index is -0.0927. The van der Waals surface area contributed by atoms with Gasteiger partial charge in [-0.2, -0.15) is 0 Å². The summed E-state index contributed by atoms with van der Waals surface area (Å²) in [6.45, 7) is 4.91. The molecule has 0 saturated carbocycles. The number of piperidine rings is 1. The van der Waals surface area contributed by atoms with Crippen molar-refractivity contribution in [2.24, 2.45) is 0 Å². The van der Waals surface area contributed by atoms with Gasteiger partial charge in [0.2, 0.25) is 0 Å². The summed E-state index contributed by atoms with van der Waals surface area (Å²) in [6, 6.07) is 7.64. The van der Waals surface area contributed by atoms with E-state index in [1.54, 1.807) is 12.4 Å². The first-order chi connectivity index (χ1) is 13.3. The number of hydrogen-bond donors (Lipinski definition) is 0. The first-order valence-electron chi connectivity index (χ1n) is 9.24. The average Bonchev–Trinajstić information content (AvgIpc) is 2.71. The molecule has 7 heteroatoms. The highest BCUT2D eigenvalue weighted by Crippen LogP contribution is 2.31. The Hall–Kier alpha value is -2.67. The maximum absolute atomic E-state index is 10.7. The fraction of sp³-hybridized carbons (Fsp3) is 0.450. The predicted octanol–water partition coefficient (Wildman–Crippen LogP) is 2.63. The zero-order valence-electron chi connectivity index (χ0n) is 15.5. The summed E-state index contributed by atoms with van der Waals surface area (Å²) < 4.78 is 17.0. The van der Waals surface area contributed by atoms with Crippen molar-refractivity contribution in [3.05, 3.63) is 48.5 Å². The molecule has 1 fully saturated rings. The van der Waals surface area contributed by atoms with Crippen LogP contribution in [0.5, 0.6) is 11.5 Å². The Morgan fingerprint density at radius 3 is 2.78 bits per heavy atom. The molecule has 1 aliphatic rings. The monoisotopic (exact) mass is 371 g/mol. The lowest BCUT2D eigenvalue weighted by molar-refractivity contribution is -0.130. The zero-order valence-corrected chi connectivity index (χ0v) is 15.5. The lowest BCUT2D eigenvalue weighted by Gasteiger charge is -2.37. The first-order valence-corrected chi connectivity index (χ1v) is 9.24. The van der Waals surface area contributed by atoms with Crippen LogP contribution >= 0.6 is 0 Å². The standard InChI is InChI=1S/C20H25N3O4/c1-2-26-19-7-3-4-8-20(19)27-17-6-5-9-23(12-17)18(13-25-15-24)16-10-21-14-22-11-16/h3-4,7-8,10-11,14-15,17-18H,2,5-6,9,12-13H2,1H3. The Bertz CT molecular complexity index is 713. The lowest BCUT2D eigenvalue weighted by Crippen LogP contribution is -2.44. The number of carbonyl (C=O) groups excluding carboxylic acids is 1. The fourth-order valence-electron chi connectivity index (χ4n) is 3.37. The van der Waals surface area contributed by atoms with E-state index >= 15 is 0 Å². The molecule has 1 saturated heterocycles. The van der Waals surface area contributed by atoms with Crippen LogP contribution in [0.25, 0.3) is 0 Å². The van der Waals surface area contributed by atoms with Crippen LogP contribution in [0.2, 0.25) is 0 Å². The molecule has 7 nitrogen and oxygen atoms in total. The van der Waals surface area contributed by atoms with E-state index in [0.29, 0.717) is 13.1 Å². The normalized spacial score (nSPS) is 18.5. The highest BCUT2D eigenvalue weighted by molar-refractivity contribution is 5.39. The third-order valence-electron chi connectivity index (χ3n) is 4.58. The van der Waals surface area contributed by atoms with Crippen molar-refractivity contribution < 1.29 is 19.0 Å². The van der Waals surface area contributed by atoms with Gasteiger partial charge in [-0.25, -0.2) is 9.97 Å². The topological polar surface area (TPSA) is 73.8 Å². The number of ether oxygens (including phenoxy) is 3. The number of para-hydroxylation sites is 2. The maximum Gasteiger partial charge on any atom is 0.293 e. The average molecular weight is 371 g/mol. The summed E-state index contributed by atoms with van der Waals surface area (Å²) in [5.74, 6) is 1.52. The Labute approximate surface area is 159 Å². The van der Waals surface area contributed by atoms with Gasteiger partial charge in [-0.05, 0) is 38.4 Å².